The summed E-state index contributed by atoms with van der Waals surface area (Å²) in [6.07, 6.45) is -1.29. The molecule has 6 nitrogen and oxygen atoms in total. The lowest BCUT2D eigenvalue weighted by Gasteiger charge is -2.12. The first-order valence-corrected chi connectivity index (χ1v) is 11.8. The number of fused-ring (bicyclic) bond motifs is 1. The average Bonchev–Trinajstić information content (AvgIpc) is 3.36. The van der Waals surface area contributed by atoms with Gasteiger partial charge in [-0.05, 0) is 49.3 Å². The Kier molecular flexibility index (Phi) is 5.70. The lowest BCUT2D eigenvalue weighted by molar-refractivity contribution is -0.155. The van der Waals surface area contributed by atoms with Crippen molar-refractivity contribution in [3.63, 3.8) is 0 Å². The number of nitrogens with zero attached hydrogens (tertiary/aromatic N) is 2. The predicted octanol–water partition coefficient (Wildman–Crippen LogP) is 3.84. The number of hydrogen-bond acceptors (Lipinski definition) is 5. The first-order valence-electron chi connectivity index (χ1n) is 10.1. The molecule has 0 unspecified atom stereocenters. The molecule has 0 fully saturated rings. The summed E-state index contributed by atoms with van der Waals surface area (Å²) in [7, 11) is -4.18. The fourth-order valence-corrected chi connectivity index (χ4v) is 6.38. The van der Waals surface area contributed by atoms with Crippen LogP contribution >= 0.6 is 0 Å². The highest BCUT2D eigenvalue weighted by Crippen LogP contribution is 2.39. The molecule has 10 heteroatoms. The van der Waals surface area contributed by atoms with Gasteiger partial charge in [0.15, 0.2) is 9.84 Å². The minimum absolute atomic E-state index is 0.0353. The quantitative estimate of drug-likeness (QED) is 0.594. The van der Waals surface area contributed by atoms with Crippen molar-refractivity contribution in [2.24, 2.45) is 5.92 Å². The van der Waals surface area contributed by atoms with E-state index in [1.54, 1.807) is 10.9 Å². The van der Waals surface area contributed by atoms with Crippen LogP contribution in [0.5, 0.6) is 0 Å². The van der Waals surface area contributed by atoms with Crippen molar-refractivity contribution in [1.82, 2.24) is 9.78 Å². The van der Waals surface area contributed by atoms with Crippen LogP contribution < -0.4 is 0 Å². The van der Waals surface area contributed by atoms with E-state index >= 15 is 0 Å². The van der Waals surface area contributed by atoms with Crippen LogP contribution in [0.4, 0.5) is 13.2 Å². The Balaban J connectivity index is 1.51. The molecule has 0 saturated heterocycles. The molecule has 0 bridgehead atoms. The van der Waals surface area contributed by atoms with Gasteiger partial charge >= 0.3 is 6.18 Å². The Morgan fingerprint density at radius 3 is 2.59 bits per heavy atom. The Morgan fingerprint density at radius 1 is 1.22 bits per heavy atom. The molecule has 0 aliphatic heterocycles. The molecular formula is C22H23F3N2O4S. The molecule has 1 aliphatic carbocycles. The van der Waals surface area contributed by atoms with E-state index < -0.39 is 26.7 Å². The summed E-state index contributed by atoms with van der Waals surface area (Å²) in [5.74, 6) is -2.14. The average molecular weight is 468 g/mol. The second-order valence-electron chi connectivity index (χ2n) is 8.33. The van der Waals surface area contributed by atoms with Gasteiger partial charge < -0.3 is 9.52 Å². The normalized spacial score (nSPS) is 16.5. The van der Waals surface area contributed by atoms with Gasteiger partial charge in [0.1, 0.15) is 4.90 Å². The van der Waals surface area contributed by atoms with Gasteiger partial charge in [-0.3, -0.25) is 4.68 Å². The summed E-state index contributed by atoms with van der Waals surface area (Å²) < 4.78 is 71.6. The van der Waals surface area contributed by atoms with Crippen LogP contribution in [0.3, 0.4) is 0 Å². The lowest BCUT2D eigenvalue weighted by Crippen LogP contribution is -2.20. The van der Waals surface area contributed by atoms with Gasteiger partial charge in [-0.1, -0.05) is 18.2 Å². The van der Waals surface area contributed by atoms with Crippen LogP contribution in [-0.2, 0) is 42.0 Å². The van der Waals surface area contributed by atoms with Crippen LogP contribution in [-0.4, -0.2) is 29.1 Å². The maximum absolute atomic E-state index is 13.2. The molecular weight excluding hydrogens is 445 g/mol. The molecule has 1 atom stereocenters. The minimum atomic E-state index is -4.87. The van der Waals surface area contributed by atoms with Crippen molar-refractivity contribution in [2.75, 3.05) is 5.75 Å². The number of aliphatic hydroxyl groups excluding tert-OH is 1. The number of aliphatic hydroxyl groups is 1. The number of halogens is 3. The SMILES string of the molecule is Cc1coc(C(F)(F)F)c1S(=O)(=O)C[C@@H]1Cc2ccc(Cn3cc(CO)c(C)n3)cc2C1. The van der Waals surface area contributed by atoms with E-state index in [1.165, 1.54) is 6.92 Å². The molecule has 32 heavy (non-hydrogen) atoms. The van der Waals surface area contributed by atoms with E-state index in [0.29, 0.717) is 19.4 Å². The number of sulfone groups is 1. The molecule has 2 aromatic heterocycles. The number of alkyl halides is 3. The van der Waals surface area contributed by atoms with Crippen molar-refractivity contribution in [3.05, 3.63) is 69.9 Å². The lowest BCUT2D eigenvalue weighted by atomic mass is 10.1. The first-order chi connectivity index (χ1) is 15.0. The van der Waals surface area contributed by atoms with Gasteiger partial charge in [0.2, 0.25) is 5.76 Å². The predicted molar refractivity (Wildman–Crippen MR) is 110 cm³/mol. The van der Waals surface area contributed by atoms with Crippen molar-refractivity contribution >= 4 is 9.84 Å². The zero-order chi connectivity index (χ0) is 23.3. The van der Waals surface area contributed by atoms with Crippen molar-refractivity contribution in [3.8, 4) is 0 Å². The van der Waals surface area contributed by atoms with Gasteiger partial charge in [0.25, 0.3) is 0 Å². The number of furan rings is 1. The van der Waals surface area contributed by atoms with Crippen LogP contribution in [0.1, 0.15) is 39.3 Å². The molecule has 1 aromatic carbocycles. The largest absolute Gasteiger partial charge is 0.458 e. The fourth-order valence-electron chi connectivity index (χ4n) is 4.37. The maximum Gasteiger partial charge on any atom is 0.450 e. The molecule has 4 rings (SSSR count). The van der Waals surface area contributed by atoms with Crippen LogP contribution in [0, 0.1) is 19.8 Å². The van der Waals surface area contributed by atoms with Crippen molar-refractivity contribution in [1.29, 1.82) is 0 Å². The van der Waals surface area contributed by atoms with Gasteiger partial charge in [-0.2, -0.15) is 18.3 Å². The standard InChI is InChI=1S/C22H23F3N2O4S/c1-13-11-31-21(22(23,24)25)20(13)32(29,30)12-16-6-17-4-3-15(5-18(17)7-16)8-27-9-19(10-28)14(2)26-27/h3-5,9,11,16,28H,6-8,10,12H2,1-2H3/t16-/m1/s1. The Hall–Kier alpha value is -2.59. The second-order valence-corrected chi connectivity index (χ2v) is 10.3. The third-order valence-corrected chi connectivity index (χ3v) is 7.83. The monoisotopic (exact) mass is 468 g/mol. The highest BCUT2D eigenvalue weighted by atomic mass is 32.2. The van der Waals surface area contributed by atoms with Gasteiger partial charge in [-0.15, -0.1) is 0 Å². The van der Waals surface area contributed by atoms with E-state index in [2.05, 4.69) is 9.52 Å². The molecule has 2 heterocycles. The summed E-state index contributed by atoms with van der Waals surface area (Å²) >= 11 is 0. The van der Waals surface area contributed by atoms with Gasteiger partial charge in [0, 0.05) is 17.3 Å². The zero-order valence-electron chi connectivity index (χ0n) is 17.6. The summed E-state index contributed by atoms with van der Waals surface area (Å²) in [5.41, 5.74) is 4.45. The number of hydrogen-bond donors (Lipinski definition) is 1. The summed E-state index contributed by atoms with van der Waals surface area (Å²) in [6, 6.07) is 5.86. The topological polar surface area (TPSA) is 85.3 Å². The van der Waals surface area contributed by atoms with Crippen LogP contribution in [0.25, 0.3) is 0 Å². The number of rotatable bonds is 6. The fraction of sp³-hybridized carbons (Fsp3) is 0.409. The number of aryl methyl sites for hydroxylation is 2. The molecule has 1 aliphatic rings. The molecule has 172 valence electrons. The molecule has 0 amide bonds. The van der Waals surface area contributed by atoms with E-state index in [0.717, 1.165) is 34.2 Å². The van der Waals surface area contributed by atoms with E-state index in [1.807, 2.05) is 25.1 Å². The third-order valence-electron chi connectivity index (χ3n) is 5.79. The summed E-state index contributed by atoms with van der Waals surface area (Å²) in [5, 5.41) is 13.7. The molecule has 0 radical (unpaired) electrons. The number of benzene rings is 1. The Morgan fingerprint density at radius 2 is 1.94 bits per heavy atom. The van der Waals surface area contributed by atoms with E-state index in [-0.39, 0.29) is 23.8 Å². The molecule has 0 spiro atoms. The smallest absolute Gasteiger partial charge is 0.450 e. The molecule has 1 N–H and O–H groups in total. The minimum Gasteiger partial charge on any atom is -0.458 e. The second kappa shape index (κ2) is 8.08. The first kappa shape index (κ1) is 22.6. The molecule has 0 saturated carbocycles. The van der Waals surface area contributed by atoms with Crippen molar-refractivity contribution < 1.29 is 31.1 Å². The van der Waals surface area contributed by atoms with Gasteiger partial charge in [-0.25, -0.2) is 8.42 Å². The highest BCUT2D eigenvalue weighted by molar-refractivity contribution is 7.91. The third kappa shape index (κ3) is 4.33. The van der Waals surface area contributed by atoms with E-state index in [9.17, 15) is 26.7 Å². The van der Waals surface area contributed by atoms with Crippen molar-refractivity contribution in [2.45, 2.75) is 50.9 Å². The summed E-state index contributed by atoms with van der Waals surface area (Å²) in [6.45, 7) is 3.54. The Labute approximate surface area is 183 Å². The maximum atomic E-state index is 13.2. The van der Waals surface area contributed by atoms with Gasteiger partial charge in [0.05, 0.1) is 30.9 Å². The van der Waals surface area contributed by atoms with Crippen LogP contribution in [0.15, 0.2) is 40.0 Å². The van der Waals surface area contributed by atoms with E-state index in [4.69, 9.17) is 0 Å². The number of aromatic nitrogens is 2. The highest BCUT2D eigenvalue weighted by Gasteiger charge is 2.43. The van der Waals surface area contributed by atoms with Crippen LogP contribution in [0.2, 0.25) is 0 Å². The summed E-state index contributed by atoms with van der Waals surface area (Å²) in [4.78, 5) is -0.754. The Bertz CT molecular complexity index is 1260. The zero-order valence-corrected chi connectivity index (χ0v) is 18.4. The molecule has 3 aromatic rings.